The van der Waals surface area contributed by atoms with Gasteiger partial charge in [0.05, 0.1) is 0 Å². The smallest absolute Gasteiger partial charge is 0.235 e. The number of pyridine rings is 1. The zero-order valence-corrected chi connectivity index (χ0v) is 8.03. The summed E-state index contributed by atoms with van der Waals surface area (Å²) in [4.78, 5) is 15.1. The van der Waals surface area contributed by atoms with Crippen molar-refractivity contribution in [2.75, 3.05) is 7.05 Å². The molecule has 14 heavy (non-hydrogen) atoms. The molecule has 1 rings (SSSR count). The molecular formula is C9H14N4O. The van der Waals surface area contributed by atoms with Crippen LogP contribution < -0.4 is 16.6 Å². The van der Waals surface area contributed by atoms with E-state index in [2.05, 4.69) is 15.8 Å². The lowest BCUT2D eigenvalue weighted by molar-refractivity contribution is -0.122. The molecular weight excluding hydrogens is 180 g/mol. The highest BCUT2D eigenvalue weighted by atomic mass is 16.2. The van der Waals surface area contributed by atoms with Crippen LogP contribution in [0.15, 0.2) is 24.5 Å². The van der Waals surface area contributed by atoms with E-state index < -0.39 is 0 Å². The van der Waals surface area contributed by atoms with Crippen LogP contribution in [0.25, 0.3) is 0 Å². The van der Waals surface area contributed by atoms with Gasteiger partial charge in [0.25, 0.3) is 0 Å². The van der Waals surface area contributed by atoms with Crippen molar-refractivity contribution in [1.82, 2.24) is 15.8 Å². The second-order valence-electron chi connectivity index (χ2n) is 2.90. The van der Waals surface area contributed by atoms with Crippen molar-refractivity contribution in [1.29, 1.82) is 0 Å². The molecule has 1 atom stereocenters. The summed E-state index contributed by atoms with van der Waals surface area (Å²) in [6, 6.07) is 3.34. The van der Waals surface area contributed by atoms with E-state index in [-0.39, 0.29) is 18.4 Å². The van der Waals surface area contributed by atoms with E-state index in [1.807, 2.05) is 6.07 Å². The molecule has 1 amide bonds. The van der Waals surface area contributed by atoms with Crippen LogP contribution in [-0.2, 0) is 4.79 Å². The van der Waals surface area contributed by atoms with Crippen molar-refractivity contribution < 1.29 is 4.79 Å². The SMILES string of the molecule is CNNC(=O)CC(N)c1cccnc1. The Morgan fingerprint density at radius 3 is 3.07 bits per heavy atom. The van der Waals surface area contributed by atoms with Crippen LogP contribution in [0.1, 0.15) is 18.0 Å². The summed E-state index contributed by atoms with van der Waals surface area (Å²) < 4.78 is 0. The first kappa shape index (κ1) is 10.6. The van der Waals surface area contributed by atoms with Gasteiger partial charge in [-0.05, 0) is 11.6 Å². The number of hydrogen-bond acceptors (Lipinski definition) is 4. The van der Waals surface area contributed by atoms with Gasteiger partial charge in [-0.25, -0.2) is 5.43 Å². The first-order chi connectivity index (χ1) is 6.74. The standard InChI is InChI=1S/C9H14N4O/c1-11-13-9(14)5-8(10)7-3-2-4-12-6-7/h2-4,6,8,11H,5,10H2,1H3,(H,13,14). The summed E-state index contributed by atoms with van der Waals surface area (Å²) in [6.07, 6.45) is 3.58. The Balaban J connectivity index is 2.50. The molecule has 0 saturated carbocycles. The summed E-state index contributed by atoms with van der Waals surface area (Å²) in [5.41, 5.74) is 11.7. The highest BCUT2D eigenvalue weighted by molar-refractivity contribution is 5.76. The number of carbonyl (C=O) groups is 1. The third-order valence-corrected chi connectivity index (χ3v) is 1.78. The molecule has 76 valence electrons. The minimum absolute atomic E-state index is 0.135. The maximum Gasteiger partial charge on any atom is 0.235 e. The molecule has 5 heteroatoms. The fourth-order valence-corrected chi connectivity index (χ4v) is 1.10. The van der Waals surface area contributed by atoms with Gasteiger partial charge in [-0.1, -0.05) is 6.07 Å². The molecule has 5 nitrogen and oxygen atoms in total. The van der Waals surface area contributed by atoms with Crippen LogP contribution >= 0.6 is 0 Å². The van der Waals surface area contributed by atoms with Gasteiger partial charge < -0.3 is 5.73 Å². The molecule has 1 heterocycles. The predicted molar refractivity (Wildman–Crippen MR) is 53.0 cm³/mol. The van der Waals surface area contributed by atoms with Gasteiger partial charge in [0.15, 0.2) is 0 Å². The number of rotatable bonds is 4. The van der Waals surface area contributed by atoms with Gasteiger partial charge in [0, 0.05) is 31.9 Å². The molecule has 0 radical (unpaired) electrons. The Morgan fingerprint density at radius 2 is 2.50 bits per heavy atom. The van der Waals surface area contributed by atoms with Gasteiger partial charge >= 0.3 is 0 Å². The van der Waals surface area contributed by atoms with Crippen LogP contribution in [0.3, 0.4) is 0 Å². The summed E-state index contributed by atoms with van der Waals surface area (Å²) in [7, 11) is 1.63. The molecule has 0 saturated heterocycles. The van der Waals surface area contributed by atoms with Crippen LogP contribution in [0.5, 0.6) is 0 Å². The number of carbonyl (C=O) groups excluding carboxylic acids is 1. The summed E-state index contributed by atoms with van der Waals surface area (Å²) in [6.45, 7) is 0. The third kappa shape index (κ3) is 3.12. The van der Waals surface area contributed by atoms with Crippen molar-refractivity contribution >= 4 is 5.91 Å². The topological polar surface area (TPSA) is 80.0 Å². The number of hydrazine groups is 1. The Bertz CT molecular complexity index is 288. The van der Waals surface area contributed by atoms with E-state index in [4.69, 9.17) is 5.73 Å². The predicted octanol–water partition coefficient (Wildman–Crippen LogP) is -0.278. The molecule has 0 aliphatic rings. The number of amides is 1. The van der Waals surface area contributed by atoms with Gasteiger partial charge in [-0.15, -0.1) is 0 Å². The van der Waals surface area contributed by atoms with Crippen molar-refractivity contribution in [3.05, 3.63) is 30.1 Å². The average Bonchev–Trinajstić information content (AvgIpc) is 2.19. The van der Waals surface area contributed by atoms with Crippen LogP contribution in [0, 0.1) is 0 Å². The summed E-state index contributed by atoms with van der Waals surface area (Å²) in [5.74, 6) is -0.135. The molecule has 0 bridgehead atoms. The molecule has 1 unspecified atom stereocenters. The monoisotopic (exact) mass is 194 g/mol. The Morgan fingerprint density at radius 1 is 1.71 bits per heavy atom. The summed E-state index contributed by atoms with van der Waals surface area (Å²) in [5, 5.41) is 0. The molecule has 0 aliphatic heterocycles. The number of nitrogens with zero attached hydrogens (tertiary/aromatic N) is 1. The lowest BCUT2D eigenvalue weighted by Gasteiger charge is -2.10. The first-order valence-electron chi connectivity index (χ1n) is 4.35. The number of hydrogen-bond donors (Lipinski definition) is 3. The van der Waals surface area contributed by atoms with Gasteiger partial charge in [-0.3, -0.25) is 15.2 Å². The number of nitrogens with two attached hydrogens (primary N) is 1. The quantitative estimate of drug-likeness (QED) is 0.576. The van der Waals surface area contributed by atoms with E-state index in [9.17, 15) is 4.79 Å². The Kier molecular flexibility index (Phi) is 4.03. The number of aromatic nitrogens is 1. The molecule has 0 fully saturated rings. The zero-order valence-electron chi connectivity index (χ0n) is 8.03. The fourth-order valence-electron chi connectivity index (χ4n) is 1.10. The van der Waals surface area contributed by atoms with Crippen LogP contribution in [0.4, 0.5) is 0 Å². The Hall–Kier alpha value is -1.46. The van der Waals surface area contributed by atoms with Gasteiger partial charge in [0.2, 0.25) is 5.91 Å². The minimum Gasteiger partial charge on any atom is -0.323 e. The maximum absolute atomic E-state index is 11.2. The molecule has 0 spiro atoms. The minimum atomic E-state index is -0.308. The number of nitrogens with one attached hydrogen (secondary N) is 2. The first-order valence-corrected chi connectivity index (χ1v) is 4.35. The lowest BCUT2D eigenvalue weighted by Crippen LogP contribution is -2.36. The van der Waals surface area contributed by atoms with Crippen molar-refractivity contribution in [3.63, 3.8) is 0 Å². The highest BCUT2D eigenvalue weighted by Crippen LogP contribution is 2.11. The van der Waals surface area contributed by atoms with Crippen LogP contribution in [-0.4, -0.2) is 17.9 Å². The third-order valence-electron chi connectivity index (χ3n) is 1.78. The van der Waals surface area contributed by atoms with E-state index in [1.165, 1.54) is 0 Å². The zero-order chi connectivity index (χ0) is 10.4. The van der Waals surface area contributed by atoms with E-state index in [1.54, 1.807) is 25.5 Å². The summed E-state index contributed by atoms with van der Waals surface area (Å²) >= 11 is 0. The second-order valence-corrected chi connectivity index (χ2v) is 2.90. The van der Waals surface area contributed by atoms with Crippen molar-refractivity contribution in [2.45, 2.75) is 12.5 Å². The maximum atomic E-state index is 11.2. The molecule has 1 aromatic rings. The highest BCUT2D eigenvalue weighted by Gasteiger charge is 2.10. The lowest BCUT2D eigenvalue weighted by atomic mass is 10.1. The second kappa shape index (κ2) is 5.31. The molecule has 1 aromatic heterocycles. The normalized spacial score (nSPS) is 12.1. The Labute approximate surface area is 82.7 Å². The van der Waals surface area contributed by atoms with Crippen molar-refractivity contribution in [3.8, 4) is 0 Å². The largest absolute Gasteiger partial charge is 0.323 e. The molecule has 0 aromatic carbocycles. The van der Waals surface area contributed by atoms with Crippen LogP contribution in [0.2, 0.25) is 0 Å². The molecule has 0 aliphatic carbocycles. The van der Waals surface area contributed by atoms with E-state index >= 15 is 0 Å². The van der Waals surface area contributed by atoms with Gasteiger partial charge in [-0.2, -0.15) is 0 Å². The fraction of sp³-hybridized carbons (Fsp3) is 0.333. The van der Waals surface area contributed by atoms with Crippen molar-refractivity contribution in [2.24, 2.45) is 5.73 Å². The van der Waals surface area contributed by atoms with E-state index in [0.29, 0.717) is 0 Å². The van der Waals surface area contributed by atoms with E-state index in [0.717, 1.165) is 5.56 Å². The van der Waals surface area contributed by atoms with Gasteiger partial charge in [0.1, 0.15) is 0 Å². The molecule has 4 N–H and O–H groups in total. The average molecular weight is 194 g/mol.